The highest BCUT2D eigenvalue weighted by atomic mass is 127. The Morgan fingerprint density at radius 1 is 1.26 bits per heavy atom. The summed E-state index contributed by atoms with van der Waals surface area (Å²) in [4.78, 5) is 4.11. The molecule has 1 saturated carbocycles. The van der Waals surface area contributed by atoms with Crippen molar-refractivity contribution in [3.8, 4) is 5.75 Å². The van der Waals surface area contributed by atoms with Crippen LogP contribution in [0, 0.1) is 17.6 Å². The minimum atomic E-state index is -0.692. The maximum Gasteiger partial charge on any atom is 0.191 e. The highest BCUT2D eigenvalue weighted by molar-refractivity contribution is 14.0. The number of aliphatic imine (C=N–C) groups is 1. The average molecular weight is 439 g/mol. The number of hydrogen-bond donors (Lipinski definition) is 2. The molecule has 7 heteroatoms. The van der Waals surface area contributed by atoms with E-state index in [-0.39, 0.29) is 36.3 Å². The van der Waals surface area contributed by atoms with Crippen molar-refractivity contribution in [1.82, 2.24) is 10.6 Å². The number of guanidine groups is 1. The van der Waals surface area contributed by atoms with Crippen LogP contribution in [0.15, 0.2) is 23.2 Å². The molecule has 1 aromatic carbocycles. The summed E-state index contributed by atoms with van der Waals surface area (Å²) in [6, 6.07) is 3.27. The van der Waals surface area contributed by atoms with E-state index in [2.05, 4.69) is 15.6 Å². The van der Waals surface area contributed by atoms with Gasteiger partial charge in [0.2, 0.25) is 0 Å². The fraction of sp³-hybridized carbons (Fsp3) is 0.562. The Kier molecular flexibility index (Phi) is 9.20. The predicted molar refractivity (Wildman–Crippen MR) is 98.6 cm³/mol. The van der Waals surface area contributed by atoms with Crippen LogP contribution < -0.4 is 15.4 Å². The van der Waals surface area contributed by atoms with E-state index >= 15 is 0 Å². The van der Waals surface area contributed by atoms with Crippen molar-refractivity contribution in [1.29, 1.82) is 0 Å². The van der Waals surface area contributed by atoms with Crippen LogP contribution in [0.5, 0.6) is 5.75 Å². The maximum absolute atomic E-state index is 13.4. The van der Waals surface area contributed by atoms with Gasteiger partial charge in [-0.3, -0.25) is 4.99 Å². The molecule has 2 rings (SSSR count). The lowest BCUT2D eigenvalue weighted by Gasteiger charge is -2.12. The number of rotatable bonds is 8. The molecule has 0 amide bonds. The van der Waals surface area contributed by atoms with Gasteiger partial charge in [-0.2, -0.15) is 0 Å². The van der Waals surface area contributed by atoms with Crippen LogP contribution in [-0.4, -0.2) is 32.7 Å². The van der Waals surface area contributed by atoms with Crippen LogP contribution >= 0.6 is 24.0 Å². The summed E-state index contributed by atoms with van der Waals surface area (Å²) < 4.78 is 31.4. The zero-order chi connectivity index (χ0) is 15.8. The summed E-state index contributed by atoms with van der Waals surface area (Å²) in [6.45, 7) is 1.65. The number of ether oxygens (including phenoxy) is 1. The molecule has 1 fully saturated rings. The van der Waals surface area contributed by atoms with Crippen molar-refractivity contribution >= 4 is 29.9 Å². The lowest BCUT2D eigenvalue weighted by molar-refractivity contribution is 0.304. The van der Waals surface area contributed by atoms with E-state index in [1.54, 1.807) is 7.05 Å². The molecule has 0 spiro atoms. The van der Waals surface area contributed by atoms with Crippen LogP contribution in [0.25, 0.3) is 0 Å². The molecule has 4 nitrogen and oxygen atoms in total. The summed E-state index contributed by atoms with van der Waals surface area (Å²) in [6.07, 6.45) is 5.17. The zero-order valence-electron chi connectivity index (χ0n) is 13.3. The van der Waals surface area contributed by atoms with Gasteiger partial charge in [-0.1, -0.05) is 12.8 Å². The molecule has 0 atom stereocenters. The molecule has 2 N–H and O–H groups in total. The first-order valence-corrected chi connectivity index (χ1v) is 7.71. The molecule has 1 aliphatic rings. The molecule has 0 bridgehead atoms. The lowest BCUT2D eigenvalue weighted by Crippen LogP contribution is -2.39. The van der Waals surface area contributed by atoms with Gasteiger partial charge < -0.3 is 15.4 Å². The summed E-state index contributed by atoms with van der Waals surface area (Å²) >= 11 is 0. The maximum atomic E-state index is 13.4. The van der Waals surface area contributed by atoms with Gasteiger partial charge in [0.1, 0.15) is 12.4 Å². The standard InChI is InChI=1S/C16H23F2N3O.HI/c1-19-16(20-8-2-3-12-4-5-12)21-9-10-22-15-7-6-13(17)11-14(15)18;/h6-7,11-12H,2-5,8-10H2,1H3,(H2,19,20,21);1H. The van der Waals surface area contributed by atoms with Crippen molar-refractivity contribution in [2.75, 3.05) is 26.7 Å². The molecule has 0 unspecified atom stereocenters. The van der Waals surface area contributed by atoms with Crippen LogP contribution in [0.1, 0.15) is 25.7 Å². The smallest absolute Gasteiger partial charge is 0.191 e. The molecule has 0 radical (unpaired) electrons. The molecule has 0 aliphatic heterocycles. The molecule has 130 valence electrons. The quantitative estimate of drug-likeness (QED) is 0.283. The first-order valence-electron chi connectivity index (χ1n) is 7.71. The van der Waals surface area contributed by atoms with Crippen LogP contribution in [0.2, 0.25) is 0 Å². The van der Waals surface area contributed by atoms with Gasteiger partial charge in [-0.05, 0) is 30.9 Å². The van der Waals surface area contributed by atoms with Crippen LogP contribution in [-0.2, 0) is 0 Å². The molecule has 1 aromatic rings. The largest absolute Gasteiger partial charge is 0.489 e. The monoisotopic (exact) mass is 439 g/mol. The van der Waals surface area contributed by atoms with E-state index < -0.39 is 11.6 Å². The van der Waals surface area contributed by atoms with Crippen molar-refractivity contribution in [2.24, 2.45) is 10.9 Å². The van der Waals surface area contributed by atoms with E-state index in [0.717, 1.165) is 24.9 Å². The molecule has 0 aromatic heterocycles. The molecule has 0 heterocycles. The highest BCUT2D eigenvalue weighted by Gasteiger charge is 2.19. The number of nitrogens with zero attached hydrogens (tertiary/aromatic N) is 1. The van der Waals surface area contributed by atoms with Gasteiger partial charge in [0.15, 0.2) is 17.5 Å². The second kappa shape index (κ2) is 10.6. The minimum absolute atomic E-state index is 0. The molecule has 1 aliphatic carbocycles. The Bertz CT molecular complexity index is 510. The number of halogens is 3. The van der Waals surface area contributed by atoms with Gasteiger partial charge in [-0.25, -0.2) is 8.78 Å². The van der Waals surface area contributed by atoms with Crippen LogP contribution in [0.3, 0.4) is 0 Å². The zero-order valence-corrected chi connectivity index (χ0v) is 15.6. The van der Waals surface area contributed by atoms with Gasteiger partial charge in [0.05, 0.1) is 6.54 Å². The summed E-state index contributed by atoms with van der Waals surface area (Å²) in [5.41, 5.74) is 0. The summed E-state index contributed by atoms with van der Waals surface area (Å²) in [5, 5.41) is 6.32. The Morgan fingerprint density at radius 2 is 2.00 bits per heavy atom. The van der Waals surface area contributed by atoms with Gasteiger partial charge >= 0.3 is 0 Å². The van der Waals surface area contributed by atoms with Crippen molar-refractivity contribution in [2.45, 2.75) is 25.7 Å². The Labute approximate surface area is 153 Å². The Hall–Kier alpha value is -1.12. The highest BCUT2D eigenvalue weighted by Crippen LogP contribution is 2.33. The number of hydrogen-bond acceptors (Lipinski definition) is 2. The van der Waals surface area contributed by atoms with Crippen molar-refractivity contribution in [3.05, 3.63) is 29.8 Å². The lowest BCUT2D eigenvalue weighted by atomic mass is 10.2. The van der Waals surface area contributed by atoms with E-state index in [4.69, 9.17) is 4.74 Å². The normalized spacial score (nSPS) is 14.1. The minimum Gasteiger partial charge on any atom is -0.489 e. The fourth-order valence-corrected chi connectivity index (χ4v) is 2.15. The van der Waals surface area contributed by atoms with E-state index in [1.165, 1.54) is 31.4 Å². The third-order valence-corrected chi connectivity index (χ3v) is 3.55. The third kappa shape index (κ3) is 7.81. The summed E-state index contributed by atoms with van der Waals surface area (Å²) in [7, 11) is 1.71. The molecule has 0 saturated heterocycles. The van der Waals surface area contributed by atoms with E-state index in [0.29, 0.717) is 12.5 Å². The average Bonchev–Trinajstić information content (AvgIpc) is 3.31. The Morgan fingerprint density at radius 3 is 2.65 bits per heavy atom. The number of nitrogens with one attached hydrogen (secondary N) is 2. The van der Waals surface area contributed by atoms with Gasteiger partial charge in [-0.15, -0.1) is 24.0 Å². The van der Waals surface area contributed by atoms with E-state index in [9.17, 15) is 8.78 Å². The van der Waals surface area contributed by atoms with E-state index in [1.807, 2.05) is 0 Å². The first-order chi connectivity index (χ1) is 10.7. The van der Waals surface area contributed by atoms with Gasteiger partial charge in [0, 0.05) is 19.7 Å². The second-order valence-electron chi connectivity index (χ2n) is 5.43. The van der Waals surface area contributed by atoms with Crippen molar-refractivity contribution in [3.63, 3.8) is 0 Å². The second-order valence-corrected chi connectivity index (χ2v) is 5.43. The molecular formula is C16H24F2IN3O. The van der Waals surface area contributed by atoms with Gasteiger partial charge in [0.25, 0.3) is 0 Å². The van der Waals surface area contributed by atoms with Crippen molar-refractivity contribution < 1.29 is 13.5 Å². The fourth-order valence-electron chi connectivity index (χ4n) is 2.15. The molecular weight excluding hydrogens is 415 g/mol. The first kappa shape index (κ1) is 19.9. The topological polar surface area (TPSA) is 45.7 Å². The third-order valence-electron chi connectivity index (χ3n) is 3.55. The predicted octanol–water partition coefficient (Wildman–Crippen LogP) is 3.32. The number of benzene rings is 1. The molecule has 23 heavy (non-hydrogen) atoms. The SMILES string of the molecule is CN=C(NCCCC1CC1)NCCOc1ccc(F)cc1F.I. The summed E-state index contributed by atoms with van der Waals surface area (Å²) in [5.74, 6) is 0.395. The Balaban J connectivity index is 0.00000264. The van der Waals surface area contributed by atoms with Crippen LogP contribution in [0.4, 0.5) is 8.78 Å².